The van der Waals surface area contributed by atoms with Crippen molar-refractivity contribution in [1.82, 2.24) is 0 Å². The van der Waals surface area contributed by atoms with Gasteiger partial charge in [0.15, 0.2) is 0 Å². The minimum Gasteiger partial charge on any atom is -0.120 e. The van der Waals surface area contributed by atoms with Crippen LogP contribution in [0, 0.1) is 17.8 Å². The van der Waals surface area contributed by atoms with E-state index in [1.807, 2.05) is 6.08 Å². The highest BCUT2D eigenvalue weighted by atomic mass is 14.2. The molecule has 0 spiro atoms. The first kappa shape index (κ1) is 8.30. The van der Waals surface area contributed by atoms with Gasteiger partial charge in [0.25, 0.3) is 0 Å². The Morgan fingerprint density at radius 2 is 2.33 bits per heavy atom. The van der Waals surface area contributed by atoms with Gasteiger partial charge in [0.05, 0.1) is 0 Å². The van der Waals surface area contributed by atoms with Crippen LogP contribution in [0.15, 0.2) is 12.7 Å². The quantitative estimate of drug-likeness (QED) is 0.398. The molecule has 0 aliphatic heterocycles. The maximum atomic E-state index is 5.31. The van der Waals surface area contributed by atoms with Crippen LogP contribution in [0.4, 0.5) is 0 Å². The van der Waals surface area contributed by atoms with Crippen LogP contribution in [0.25, 0.3) is 0 Å². The lowest BCUT2D eigenvalue weighted by atomic mass is 9.85. The first-order valence-corrected chi connectivity index (χ1v) is 3.27. The Morgan fingerprint density at radius 3 is 2.44 bits per heavy atom. The molecular formula is C9H14. The number of rotatable bonds is 3. The fourth-order valence-corrected chi connectivity index (χ4v) is 0.624. The molecule has 0 saturated carbocycles. The predicted octanol–water partition coefficient (Wildman–Crippen LogP) is 2.61. The Morgan fingerprint density at radius 1 is 1.78 bits per heavy atom. The highest BCUT2D eigenvalue weighted by Crippen LogP contribution is 2.23. The third-order valence-electron chi connectivity index (χ3n) is 1.72. The van der Waals surface area contributed by atoms with Gasteiger partial charge in [0.2, 0.25) is 0 Å². The molecule has 0 N–H and O–H groups in total. The molecule has 0 amide bonds. The zero-order valence-corrected chi connectivity index (χ0v) is 6.28. The van der Waals surface area contributed by atoms with Gasteiger partial charge in [-0.3, -0.25) is 0 Å². The minimum absolute atomic E-state index is 0.0434. The monoisotopic (exact) mass is 122 g/mol. The van der Waals surface area contributed by atoms with Crippen LogP contribution >= 0.6 is 0 Å². The molecule has 1 unspecified atom stereocenters. The van der Waals surface area contributed by atoms with Crippen LogP contribution < -0.4 is 0 Å². The lowest BCUT2D eigenvalue weighted by Gasteiger charge is -2.18. The first-order valence-electron chi connectivity index (χ1n) is 3.27. The van der Waals surface area contributed by atoms with Crippen molar-refractivity contribution in [2.24, 2.45) is 5.41 Å². The average molecular weight is 122 g/mol. The van der Waals surface area contributed by atoms with Crippen LogP contribution in [0.1, 0.15) is 26.7 Å². The molecule has 0 aromatic rings. The van der Waals surface area contributed by atoms with Crippen molar-refractivity contribution in [3.8, 4) is 12.3 Å². The molecular weight excluding hydrogens is 108 g/mol. The van der Waals surface area contributed by atoms with Crippen molar-refractivity contribution < 1.29 is 0 Å². The van der Waals surface area contributed by atoms with Gasteiger partial charge in [-0.15, -0.1) is 13.0 Å². The summed E-state index contributed by atoms with van der Waals surface area (Å²) in [4.78, 5) is 0. The smallest absolute Gasteiger partial charge is 0.0315 e. The van der Waals surface area contributed by atoms with Gasteiger partial charge in [-0.2, -0.15) is 0 Å². The molecule has 0 heterocycles. The van der Waals surface area contributed by atoms with Gasteiger partial charge in [-0.05, 0) is 19.8 Å². The van der Waals surface area contributed by atoms with E-state index in [0.29, 0.717) is 0 Å². The summed E-state index contributed by atoms with van der Waals surface area (Å²) >= 11 is 0. The molecule has 0 radical (unpaired) electrons. The third-order valence-corrected chi connectivity index (χ3v) is 1.72. The van der Waals surface area contributed by atoms with E-state index >= 15 is 0 Å². The Labute approximate surface area is 58.0 Å². The van der Waals surface area contributed by atoms with Crippen molar-refractivity contribution in [3.05, 3.63) is 12.7 Å². The van der Waals surface area contributed by atoms with Gasteiger partial charge >= 0.3 is 0 Å². The van der Waals surface area contributed by atoms with Gasteiger partial charge in [0.1, 0.15) is 0 Å². The summed E-state index contributed by atoms with van der Waals surface area (Å²) in [6.07, 6.45) is 9.12. The number of hydrogen-bond donors (Lipinski definition) is 0. The predicted molar refractivity (Wildman–Crippen MR) is 42.0 cm³/mol. The van der Waals surface area contributed by atoms with Crippen molar-refractivity contribution in [2.45, 2.75) is 26.7 Å². The minimum atomic E-state index is 0.0434. The zero-order chi connectivity index (χ0) is 7.33. The second-order valence-corrected chi connectivity index (χ2v) is 2.55. The molecule has 9 heavy (non-hydrogen) atoms. The maximum absolute atomic E-state index is 5.31. The molecule has 0 aromatic carbocycles. The normalized spacial score (nSPS) is 15.7. The molecule has 0 aliphatic rings. The summed E-state index contributed by atoms with van der Waals surface area (Å²) in [5, 5.41) is 0. The van der Waals surface area contributed by atoms with Crippen molar-refractivity contribution >= 4 is 0 Å². The van der Waals surface area contributed by atoms with Crippen LogP contribution in [0.3, 0.4) is 0 Å². The molecule has 0 heteroatoms. The standard InChI is InChI=1S/C9H14/c1-5-8-9(4,6-2)7-3/h2,5H,1,7-8H2,3-4H3. The lowest BCUT2D eigenvalue weighted by Crippen LogP contribution is -2.09. The van der Waals surface area contributed by atoms with E-state index in [0.717, 1.165) is 12.8 Å². The largest absolute Gasteiger partial charge is 0.120 e. The van der Waals surface area contributed by atoms with Crippen LogP contribution in [-0.4, -0.2) is 0 Å². The van der Waals surface area contributed by atoms with E-state index in [4.69, 9.17) is 6.42 Å². The molecule has 0 fully saturated rings. The molecule has 0 aromatic heterocycles. The van der Waals surface area contributed by atoms with Crippen LogP contribution in [0.2, 0.25) is 0 Å². The topological polar surface area (TPSA) is 0 Å². The molecule has 50 valence electrons. The number of hydrogen-bond acceptors (Lipinski definition) is 0. The summed E-state index contributed by atoms with van der Waals surface area (Å²) in [6.45, 7) is 7.82. The second-order valence-electron chi connectivity index (χ2n) is 2.55. The van der Waals surface area contributed by atoms with Gasteiger partial charge in [-0.1, -0.05) is 18.9 Å². The highest BCUT2D eigenvalue weighted by Gasteiger charge is 2.15. The number of allylic oxidation sites excluding steroid dienone is 1. The molecule has 0 rings (SSSR count). The second kappa shape index (κ2) is 3.35. The Hall–Kier alpha value is -0.700. The van der Waals surface area contributed by atoms with E-state index < -0.39 is 0 Å². The lowest BCUT2D eigenvalue weighted by molar-refractivity contribution is 0.439. The molecule has 1 atom stereocenters. The summed E-state index contributed by atoms with van der Waals surface area (Å²) < 4.78 is 0. The van der Waals surface area contributed by atoms with Crippen molar-refractivity contribution in [2.75, 3.05) is 0 Å². The molecule has 0 aliphatic carbocycles. The maximum Gasteiger partial charge on any atom is 0.0315 e. The van der Waals surface area contributed by atoms with E-state index in [1.54, 1.807) is 0 Å². The fraction of sp³-hybridized carbons (Fsp3) is 0.556. The van der Waals surface area contributed by atoms with Gasteiger partial charge in [-0.25, -0.2) is 0 Å². The first-order chi connectivity index (χ1) is 4.18. The Kier molecular flexibility index (Phi) is 3.09. The fourth-order valence-electron chi connectivity index (χ4n) is 0.624. The average Bonchev–Trinajstić information content (AvgIpc) is 1.89. The highest BCUT2D eigenvalue weighted by molar-refractivity contribution is 5.04. The van der Waals surface area contributed by atoms with E-state index in [-0.39, 0.29) is 5.41 Å². The van der Waals surface area contributed by atoms with Gasteiger partial charge in [0, 0.05) is 5.41 Å². The van der Waals surface area contributed by atoms with E-state index in [1.165, 1.54) is 0 Å². The van der Waals surface area contributed by atoms with Crippen molar-refractivity contribution in [3.63, 3.8) is 0 Å². The van der Waals surface area contributed by atoms with Crippen molar-refractivity contribution in [1.29, 1.82) is 0 Å². The SMILES string of the molecule is C#CC(C)(CC)CC=C. The van der Waals surface area contributed by atoms with E-state index in [2.05, 4.69) is 26.3 Å². The van der Waals surface area contributed by atoms with Crippen LogP contribution in [-0.2, 0) is 0 Å². The summed E-state index contributed by atoms with van der Waals surface area (Å²) in [5.74, 6) is 2.76. The number of terminal acetylenes is 1. The molecule has 0 bridgehead atoms. The molecule has 0 nitrogen and oxygen atoms in total. The van der Waals surface area contributed by atoms with E-state index in [9.17, 15) is 0 Å². The molecule has 0 saturated heterocycles. The van der Waals surface area contributed by atoms with Crippen LogP contribution in [0.5, 0.6) is 0 Å². The third kappa shape index (κ3) is 2.37. The van der Waals surface area contributed by atoms with Gasteiger partial charge < -0.3 is 0 Å². The Balaban J connectivity index is 3.96. The Bertz CT molecular complexity index is 127. The summed E-state index contributed by atoms with van der Waals surface area (Å²) in [5.41, 5.74) is 0.0434. The summed E-state index contributed by atoms with van der Waals surface area (Å²) in [7, 11) is 0. The summed E-state index contributed by atoms with van der Waals surface area (Å²) in [6, 6.07) is 0. The zero-order valence-electron chi connectivity index (χ0n) is 6.28.